The molecule has 4 aromatic rings. The molecule has 0 aliphatic rings. The van der Waals surface area contributed by atoms with Crippen LogP contribution < -0.4 is 20.9 Å². The Balaban J connectivity index is 0.000000841. The van der Waals surface area contributed by atoms with Crippen molar-refractivity contribution in [3.05, 3.63) is 83.2 Å². The number of fused-ring (bicyclic) bond motifs is 1. The molecule has 3 N–H and O–H groups in total. The number of aromatic nitrogens is 3. The van der Waals surface area contributed by atoms with Gasteiger partial charge in [0, 0.05) is 18.9 Å². The SMILES string of the molecule is CC.CC.CN.CN(c1ccc(Oc2nc3cnccc3c(=O)[nH]2)cc1)c1ccccc1F. The minimum absolute atomic E-state index is 0.0794. The Morgan fingerprint density at radius 3 is 2.24 bits per heavy atom. The maximum atomic E-state index is 13.9. The van der Waals surface area contributed by atoms with Crippen LogP contribution in [0.1, 0.15) is 27.7 Å². The number of pyridine rings is 1. The van der Waals surface area contributed by atoms with Crippen molar-refractivity contribution in [2.24, 2.45) is 5.73 Å². The molecule has 0 atom stereocenters. The molecule has 0 spiro atoms. The van der Waals surface area contributed by atoms with E-state index in [0.29, 0.717) is 22.3 Å². The normalized spacial score (nSPS) is 9.33. The van der Waals surface area contributed by atoms with Crippen LogP contribution in [0.25, 0.3) is 10.9 Å². The average Bonchev–Trinajstić information content (AvgIpc) is 2.88. The summed E-state index contributed by atoms with van der Waals surface area (Å²) in [4.78, 5) is 24.6. The Hall–Kier alpha value is -3.78. The average molecular weight is 454 g/mol. The summed E-state index contributed by atoms with van der Waals surface area (Å²) in [5.74, 6) is 0.193. The van der Waals surface area contributed by atoms with Crippen molar-refractivity contribution in [1.82, 2.24) is 15.0 Å². The lowest BCUT2D eigenvalue weighted by Crippen LogP contribution is -2.11. The monoisotopic (exact) mass is 453 g/mol. The van der Waals surface area contributed by atoms with Crippen molar-refractivity contribution in [2.45, 2.75) is 27.7 Å². The van der Waals surface area contributed by atoms with Crippen LogP contribution in [-0.4, -0.2) is 29.0 Å². The summed E-state index contributed by atoms with van der Waals surface area (Å²) in [7, 11) is 3.28. The highest BCUT2D eigenvalue weighted by Crippen LogP contribution is 2.28. The number of halogens is 1. The zero-order chi connectivity index (χ0) is 24.8. The second-order valence-corrected chi connectivity index (χ2v) is 5.87. The van der Waals surface area contributed by atoms with Crippen molar-refractivity contribution in [3.63, 3.8) is 0 Å². The van der Waals surface area contributed by atoms with E-state index in [1.165, 1.54) is 25.5 Å². The van der Waals surface area contributed by atoms with Crippen molar-refractivity contribution < 1.29 is 9.13 Å². The van der Waals surface area contributed by atoms with Crippen LogP contribution >= 0.6 is 0 Å². The first-order valence-corrected chi connectivity index (χ1v) is 10.8. The van der Waals surface area contributed by atoms with Gasteiger partial charge in [0.2, 0.25) is 0 Å². The van der Waals surface area contributed by atoms with E-state index < -0.39 is 0 Å². The molecule has 176 valence electrons. The minimum atomic E-state index is -0.299. The van der Waals surface area contributed by atoms with Crippen LogP contribution in [0.3, 0.4) is 0 Å². The number of hydrogen-bond acceptors (Lipinski definition) is 6. The van der Waals surface area contributed by atoms with Gasteiger partial charge in [-0.25, -0.2) is 4.39 Å². The molecule has 0 fully saturated rings. The Kier molecular flexibility index (Phi) is 11.8. The van der Waals surface area contributed by atoms with Gasteiger partial charge in [-0.2, -0.15) is 4.98 Å². The van der Waals surface area contributed by atoms with Crippen molar-refractivity contribution in [2.75, 3.05) is 19.0 Å². The molecular formula is C25H32FN5O2. The second-order valence-electron chi connectivity index (χ2n) is 5.87. The molecule has 0 aliphatic carbocycles. The molecule has 2 heterocycles. The molecule has 7 nitrogen and oxygen atoms in total. The van der Waals surface area contributed by atoms with Crippen molar-refractivity contribution in [1.29, 1.82) is 0 Å². The highest BCUT2D eigenvalue weighted by atomic mass is 19.1. The molecule has 8 heteroatoms. The molecule has 0 aliphatic heterocycles. The van der Waals surface area contributed by atoms with E-state index in [2.05, 4.69) is 20.7 Å². The van der Waals surface area contributed by atoms with E-state index in [-0.39, 0.29) is 17.4 Å². The summed E-state index contributed by atoms with van der Waals surface area (Å²) in [6.45, 7) is 8.00. The molecule has 2 aromatic carbocycles. The lowest BCUT2D eigenvalue weighted by Gasteiger charge is -2.20. The number of benzene rings is 2. The summed E-state index contributed by atoms with van der Waals surface area (Å²) in [5, 5.41) is 0.444. The van der Waals surface area contributed by atoms with E-state index in [0.717, 1.165) is 5.69 Å². The van der Waals surface area contributed by atoms with E-state index in [1.807, 2.05) is 27.7 Å². The van der Waals surface area contributed by atoms with Crippen LogP contribution in [0.2, 0.25) is 0 Å². The number of ether oxygens (including phenoxy) is 1. The van der Waals surface area contributed by atoms with E-state index >= 15 is 0 Å². The topological polar surface area (TPSA) is 97.1 Å². The number of nitrogens with zero attached hydrogens (tertiary/aromatic N) is 3. The van der Waals surface area contributed by atoms with Gasteiger partial charge in [0.05, 0.1) is 22.8 Å². The van der Waals surface area contributed by atoms with Crippen LogP contribution in [0.5, 0.6) is 11.8 Å². The van der Waals surface area contributed by atoms with Gasteiger partial charge in [0.25, 0.3) is 5.56 Å². The molecule has 0 saturated carbocycles. The molecule has 4 rings (SSSR count). The Bertz CT molecular complexity index is 1160. The van der Waals surface area contributed by atoms with E-state index in [9.17, 15) is 9.18 Å². The summed E-state index contributed by atoms with van der Waals surface area (Å²) < 4.78 is 19.6. The Morgan fingerprint density at radius 2 is 1.61 bits per heavy atom. The molecule has 33 heavy (non-hydrogen) atoms. The lowest BCUT2D eigenvalue weighted by molar-refractivity contribution is 0.443. The van der Waals surface area contributed by atoms with Gasteiger partial charge >= 0.3 is 6.01 Å². The number of hydrogen-bond donors (Lipinski definition) is 2. The van der Waals surface area contributed by atoms with Gasteiger partial charge in [-0.3, -0.25) is 14.8 Å². The highest BCUT2D eigenvalue weighted by Gasteiger charge is 2.10. The predicted octanol–water partition coefficient (Wildman–Crippen LogP) is 5.64. The fourth-order valence-electron chi connectivity index (χ4n) is 2.73. The number of aromatic amines is 1. The van der Waals surface area contributed by atoms with Gasteiger partial charge in [-0.1, -0.05) is 39.8 Å². The molecule has 0 radical (unpaired) electrons. The number of anilines is 2. The second kappa shape index (κ2) is 14.3. The number of nitrogens with two attached hydrogens (primary N) is 1. The molecule has 2 aromatic heterocycles. The number of H-pyrrole nitrogens is 1. The van der Waals surface area contributed by atoms with Crippen LogP contribution in [0.15, 0.2) is 71.8 Å². The van der Waals surface area contributed by atoms with Crippen molar-refractivity contribution in [3.8, 4) is 11.8 Å². The maximum Gasteiger partial charge on any atom is 0.302 e. The Morgan fingerprint density at radius 1 is 0.970 bits per heavy atom. The number of para-hydroxylation sites is 1. The third-order valence-corrected chi connectivity index (χ3v) is 4.14. The largest absolute Gasteiger partial charge is 0.426 e. The molecule has 0 amide bonds. The fourth-order valence-corrected chi connectivity index (χ4v) is 2.73. The first kappa shape index (κ1) is 27.3. The lowest BCUT2D eigenvalue weighted by atomic mass is 10.2. The molecule has 0 unspecified atom stereocenters. The smallest absolute Gasteiger partial charge is 0.302 e. The third-order valence-electron chi connectivity index (χ3n) is 4.14. The molecule has 0 bridgehead atoms. The first-order valence-electron chi connectivity index (χ1n) is 10.8. The summed E-state index contributed by atoms with van der Waals surface area (Å²) in [5.41, 5.74) is 5.91. The van der Waals surface area contributed by atoms with Crippen molar-refractivity contribution >= 4 is 22.3 Å². The van der Waals surface area contributed by atoms with Crippen LogP contribution in [0.4, 0.5) is 15.8 Å². The minimum Gasteiger partial charge on any atom is -0.426 e. The summed E-state index contributed by atoms with van der Waals surface area (Å²) in [6.07, 6.45) is 3.04. The van der Waals surface area contributed by atoms with E-state index in [4.69, 9.17) is 4.74 Å². The third kappa shape index (κ3) is 7.11. The highest BCUT2D eigenvalue weighted by molar-refractivity contribution is 5.76. The summed E-state index contributed by atoms with van der Waals surface area (Å²) >= 11 is 0. The predicted molar refractivity (Wildman–Crippen MR) is 134 cm³/mol. The maximum absolute atomic E-state index is 13.9. The van der Waals surface area contributed by atoms with E-state index in [1.54, 1.807) is 60.5 Å². The van der Waals surface area contributed by atoms with Gasteiger partial charge in [0.15, 0.2) is 0 Å². The zero-order valence-corrected chi connectivity index (χ0v) is 20.0. The van der Waals surface area contributed by atoms with Gasteiger partial charge in [0.1, 0.15) is 11.6 Å². The number of nitrogens with one attached hydrogen (secondary N) is 1. The van der Waals surface area contributed by atoms with Gasteiger partial charge < -0.3 is 15.4 Å². The fraction of sp³-hybridized carbons (Fsp3) is 0.240. The first-order chi connectivity index (χ1) is 16.1. The number of rotatable bonds is 4. The summed E-state index contributed by atoms with van der Waals surface area (Å²) in [6, 6.07) is 15.3. The molecule has 0 saturated heterocycles. The zero-order valence-electron chi connectivity index (χ0n) is 20.0. The quantitative estimate of drug-likeness (QED) is 0.415. The molecular weight excluding hydrogens is 421 g/mol. The Labute approximate surface area is 194 Å². The van der Waals surface area contributed by atoms with Gasteiger partial charge in [-0.15, -0.1) is 0 Å². The van der Waals surface area contributed by atoms with Crippen LogP contribution in [0, 0.1) is 5.82 Å². The van der Waals surface area contributed by atoms with Crippen LogP contribution in [-0.2, 0) is 0 Å². The standard InChI is InChI=1S/C20H15FN4O2.2C2H6.CH5N/c1-25(18-5-3-2-4-16(18)21)13-6-8-14(9-7-13)27-20-23-17-12-22-11-10-15(17)19(26)24-20;3*1-2/h2-12H,1H3,(H,23,24,26);2*1-2H3;2H2,1H3. The van der Waals surface area contributed by atoms with Gasteiger partial charge in [-0.05, 0) is 49.5 Å².